The van der Waals surface area contributed by atoms with Gasteiger partial charge in [-0.15, -0.1) is 10.2 Å². The third kappa shape index (κ3) is 6.98. The highest BCUT2D eigenvalue weighted by Crippen LogP contribution is 2.29. The van der Waals surface area contributed by atoms with E-state index < -0.39 is 18.0 Å². The van der Waals surface area contributed by atoms with Gasteiger partial charge in [0.15, 0.2) is 0 Å². The molecule has 1 unspecified atom stereocenters. The molecule has 196 valence electrons. The normalized spacial score (nSPS) is 11.2. The molecule has 3 amide bonds. The number of rotatable bonds is 10. The van der Waals surface area contributed by atoms with Gasteiger partial charge in [-0.3, -0.25) is 10.1 Å². The molecule has 3 aromatic carbocycles. The van der Waals surface area contributed by atoms with Crippen molar-refractivity contribution in [1.82, 2.24) is 15.5 Å². The van der Waals surface area contributed by atoms with E-state index in [0.717, 1.165) is 11.1 Å². The fourth-order valence-electron chi connectivity index (χ4n) is 3.60. The maximum Gasteiger partial charge on any atom is 0.319 e. The van der Waals surface area contributed by atoms with Gasteiger partial charge in [-0.05, 0) is 17.7 Å². The number of nitrogens with zero attached hydrogens (tertiary/aromatic N) is 2. The molecular weight excluding hydrogens is 506 g/mol. The van der Waals surface area contributed by atoms with E-state index in [-0.39, 0.29) is 6.42 Å². The van der Waals surface area contributed by atoms with Crippen molar-refractivity contribution in [3.8, 4) is 27.8 Å². The molecule has 1 atom stereocenters. The van der Waals surface area contributed by atoms with E-state index in [2.05, 4.69) is 26.1 Å². The molecule has 0 bridgehead atoms. The van der Waals surface area contributed by atoms with E-state index >= 15 is 0 Å². The van der Waals surface area contributed by atoms with Crippen LogP contribution in [0.15, 0.2) is 72.8 Å². The molecule has 0 spiro atoms. The fraction of sp³-hybridized carbons (Fsp3) is 0.185. The summed E-state index contributed by atoms with van der Waals surface area (Å²) in [5.41, 5.74) is 2.14. The van der Waals surface area contributed by atoms with Crippen molar-refractivity contribution in [2.45, 2.75) is 12.5 Å². The number of urea groups is 1. The van der Waals surface area contributed by atoms with Crippen LogP contribution in [-0.4, -0.2) is 49.5 Å². The fourth-order valence-corrected chi connectivity index (χ4v) is 4.35. The van der Waals surface area contributed by atoms with Gasteiger partial charge in [0.05, 0.1) is 21.3 Å². The second-order valence-electron chi connectivity index (χ2n) is 8.08. The van der Waals surface area contributed by atoms with Gasteiger partial charge in [0.25, 0.3) is 0 Å². The lowest BCUT2D eigenvalue weighted by Gasteiger charge is -2.18. The number of methoxy groups -OCH3 is 3. The molecule has 1 heterocycles. The zero-order valence-electron chi connectivity index (χ0n) is 21.1. The summed E-state index contributed by atoms with van der Waals surface area (Å²) in [5.74, 6) is 1.29. The summed E-state index contributed by atoms with van der Waals surface area (Å²) in [7, 11) is 4.63. The molecule has 11 heteroatoms. The minimum Gasteiger partial charge on any atom is -0.497 e. The molecule has 4 aromatic rings. The van der Waals surface area contributed by atoms with Crippen LogP contribution in [0.4, 0.5) is 15.6 Å². The third-order valence-corrected chi connectivity index (χ3v) is 6.37. The van der Waals surface area contributed by atoms with Crippen LogP contribution in [-0.2, 0) is 11.2 Å². The molecule has 0 saturated heterocycles. The maximum absolute atomic E-state index is 13.3. The van der Waals surface area contributed by atoms with Gasteiger partial charge in [0.2, 0.25) is 11.0 Å². The van der Waals surface area contributed by atoms with Crippen molar-refractivity contribution < 1.29 is 23.8 Å². The van der Waals surface area contributed by atoms with Gasteiger partial charge < -0.3 is 24.8 Å². The number of amides is 3. The minimum absolute atomic E-state index is 0.267. The summed E-state index contributed by atoms with van der Waals surface area (Å²) in [6.45, 7) is 0. The van der Waals surface area contributed by atoms with Crippen LogP contribution in [0.2, 0.25) is 0 Å². The molecule has 0 saturated carbocycles. The zero-order valence-corrected chi connectivity index (χ0v) is 21.9. The molecule has 1 aromatic heterocycles. The molecule has 0 aliphatic carbocycles. The highest BCUT2D eigenvalue weighted by Gasteiger charge is 2.23. The van der Waals surface area contributed by atoms with Gasteiger partial charge in [-0.2, -0.15) is 0 Å². The highest BCUT2D eigenvalue weighted by molar-refractivity contribution is 7.18. The Morgan fingerprint density at radius 1 is 0.816 bits per heavy atom. The van der Waals surface area contributed by atoms with Crippen molar-refractivity contribution >= 4 is 34.1 Å². The summed E-state index contributed by atoms with van der Waals surface area (Å²) >= 11 is 1.22. The largest absolute Gasteiger partial charge is 0.497 e. The first-order valence-electron chi connectivity index (χ1n) is 11.6. The first kappa shape index (κ1) is 26.4. The Morgan fingerprint density at radius 2 is 1.53 bits per heavy atom. The van der Waals surface area contributed by atoms with E-state index in [1.807, 2.05) is 54.6 Å². The summed E-state index contributed by atoms with van der Waals surface area (Å²) in [4.78, 5) is 26.2. The Balaban J connectivity index is 1.49. The number of carbonyl (C=O) groups excluding carboxylic acids is 2. The first-order valence-corrected chi connectivity index (χ1v) is 12.4. The Labute approximate surface area is 224 Å². The van der Waals surface area contributed by atoms with Crippen LogP contribution in [0.1, 0.15) is 5.56 Å². The topological polar surface area (TPSA) is 124 Å². The van der Waals surface area contributed by atoms with Gasteiger partial charge in [-0.1, -0.05) is 53.8 Å². The number of aromatic nitrogens is 2. The van der Waals surface area contributed by atoms with Crippen molar-refractivity contribution in [1.29, 1.82) is 0 Å². The highest BCUT2D eigenvalue weighted by atomic mass is 32.1. The number of nitrogens with one attached hydrogen (secondary N) is 3. The summed E-state index contributed by atoms with van der Waals surface area (Å²) < 4.78 is 15.8. The number of carbonyl (C=O) groups is 2. The smallest absolute Gasteiger partial charge is 0.319 e. The summed E-state index contributed by atoms with van der Waals surface area (Å²) in [5, 5.41) is 17.5. The average molecular weight is 534 g/mol. The van der Waals surface area contributed by atoms with Crippen LogP contribution in [0.5, 0.6) is 17.2 Å². The Hall–Kier alpha value is -4.64. The van der Waals surface area contributed by atoms with E-state index in [0.29, 0.717) is 33.1 Å². The standard InChI is InChI=1S/C27H27N5O5S/c1-35-20-11-7-10-18(13-20)25-31-32-27(38-25)30-24(33)23(12-17-8-5-4-6-9-17)29-26(34)28-19-14-21(36-2)16-22(15-19)37-3/h4-11,13-16,23H,12H2,1-3H3,(H2,28,29,34)(H,30,32,33). The number of benzene rings is 3. The minimum atomic E-state index is -0.894. The lowest BCUT2D eigenvalue weighted by atomic mass is 10.1. The monoisotopic (exact) mass is 533 g/mol. The number of hydrogen-bond donors (Lipinski definition) is 3. The first-order chi connectivity index (χ1) is 18.5. The molecule has 4 rings (SSSR count). The number of anilines is 2. The quantitative estimate of drug-likeness (QED) is 0.272. The van der Waals surface area contributed by atoms with Crippen LogP contribution in [0.3, 0.4) is 0 Å². The third-order valence-electron chi connectivity index (χ3n) is 5.49. The maximum atomic E-state index is 13.3. The summed E-state index contributed by atoms with van der Waals surface area (Å²) in [6.07, 6.45) is 0.267. The van der Waals surface area contributed by atoms with Crippen LogP contribution < -0.4 is 30.2 Å². The zero-order chi connectivity index (χ0) is 26.9. The lowest BCUT2D eigenvalue weighted by molar-refractivity contribution is -0.117. The molecule has 10 nitrogen and oxygen atoms in total. The van der Waals surface area contributed by atoms with Crippen LogP contribution >= 0.6 is 11.3 Å². The van der Waals surface area contributed by atoms with Crippen LogP contribution in [0.25, 0.3) is 10.6 Å². The van der Waals surface area contributed by atoms with Gasteiger partial charge in [0.1, 0.15) is 28.3 Å². The molecule has 0 aliphatic heterocycles. The van der Waals surface area contributed by atoms with E-state index in [1.165, 1.54) is 25.6 Å². The Morgan fingerprint density at radius 3 is 2.21 bits per heavy atom. The van der Waals surface area contributed by atoms with Gasteiger partial charge in [0, 0.05) is 35.9 Å². The van der Waals surface area contributed by atoms with E-state index in [9.17, 15) is 9.59 Å². The predicted octanol–water partition coefficient (Wildman–Crippen LogP) is 4.60. The number of ether oxygens (including phenoxy) is 3. The number of hydrogen-bond acceptors (Lipinski definition) is 8. The lowest BCUT2D eigenvalue weighted by Crippen LogP contribution is -2.46. The SMILES string of the molecule is COc1cc(NC(=O)NC(Cc2ccccc2)C(=O)Nc2nnc(-c3cccc(OC)c3)s2)cc(OC)c1. The second-order valence-corrected chi connectivity index (χ2v) is 9.05. The van der Waals surface area contributed by atoms with Crippen molar-refractivity contribution in [3.05, 3.63) is 78.4 Å². The van der Waals surface area contributed by atoms with Crippen LogP contribution in [0, 0.1) is 0 Å². The average Bonchev–Trinajstić information content (AvgIpc) is 3.41. The Bertz CT molecular complexity index is 1370. The van der Waals surface area contributed by atoms with Crippen molar-refractivity contribution in [3.63, 3.8) is 0 Å². The Kier molecular flexibility index (Phi) is 8.73. The van der Waals surface area contributed by atoms with Gasteiger partial charge in [-0.25, -0.2) is 4.79 Å². The molecule has 3 N–H and O–H groups in total. The van der Waals surface area contributed by atoms with Gasteiger partial charge >= 0.3 is 6.03 Å². The molecule has 0 radical (unpaired) electrons. The molecule has 0 aliphatic rings. The predicted molar refractivity (Wildman–Crippen MR) is 146 cm³/mol. The molecule has 0 fully saturated rings. The summed E-state index contributed by atoms with van der Waals surface area (Å²) in [6, 6.07) is 20.3. The van der Waals surface area contributed by atoms with Crippen molar-refractivity contribution in [2.24, 2.45) is 0 Å². The van der Waals surface area contributed by atoms with E-state index in [1.54, 1.807) is 25.3 Å². The molecule has 38 heavy (non-hydrogen) atoms. The van der Waals surface area contributed by atoms with E-state index in [4.69, 9.17) is 14.2 Å². The molecular formula is C27H27N5O5S. The second kappa shape index (κ2) is 12.5. The van der Waals surface area contributed by atoms with Crippen molar-refractivity contribution in [2.75, 3.05) is 32.0 Å².